The van der Waals surface area contributed by atoms with Gasteiger partial charge in [0.25, 0.3) is 11.8 Å². The summed E-state index contributed by atoms with van der Waals surface area (Å²) in [6, 6.07) is 5.18. The van der Waals surface area contributed by atoms with Crippen molar-refractivity contribution in [2.24, 2.45) is 7.05 Å². The van der Waals surface area contributed by atoms with Crippen molar-refractivity contribution in [3.05, 3.63) is 41.7 Å². The molecule has 122 valence electrons. The minimum atomic E-state index is -2.93. The number of aromatic nitrogens is 2. The Morgan fingerprint density at radius 3 is 2.43 bits per heavy atom. The van der Waals surface area contributed by atoms with Crippen LogP contribution in [0.15, 0.2) is 30.5 Å². The van der Waals surface area contributed by atoms with Gasteiger partial charge in [-0.3, -0.25) is 14.3 Å². The molecule has 0 bridgehead atoms. The zero-order valence-corrected chi connectivity index (χ0v) is 12.3. The monoisotopic (exact) mass is 324 g/mol. The van der Waals surface area contributed by atoms with E-state index in [1.165, 1.54) is 42.2 Å². The predicted octanol–water partition coefficient (Wildman–Crippen LogP) is 1.63. The van der Waals surface area contributed by atoms with Crippen LogP contribution in [-0.4, -0.2) is 35.3 Å². The first-order valence-electron chi connectivity index (χ1n) is 6.52. The third-order valence-electron chi connectivity index (χ3n) is 2.86. The summed E-state index contributed by atoms with van der Waals surface area (Å²) < 4.78 is 29.7. The van der Waals surface area contributed by atoms with Gasteiger partial charge in [0.1, 0.15) is 5.75 Å². The lowest BCUT2D eigenvalue weighted by Crippen LogP contribution is -2.21. The van der Waals surface area contributed by atoms with Crippen LogP contribution < -0.4 is 15.4 Å². The third-order valence-corrected chi connectivity index (χ3v) is 2.86. The van der Waals surface area contributed by atoms with Crippen molar-refractivity contribution in [3.63, 3.8) is 0 Å². The van der Waals surface area contributed by atoms with E-state index < -0.39 is 18.4 Å². The van der Waals surface area contributed by atoms with Gasteiger partial charge in [-0.1, -0.05) is 0 Å². The van der Waals surface area contributed by atoms with Crippen molar-refractivity contribution in [2.45, 2.75) is 6.61 Å². The number of amides is 2. The molecule has 0 radical (unpaired) electrons. The molecule has 2 aromatic rings. The minimum absolute atomic E-state index is 0.0519. The van der Waals surface area contributed by atoms with E-state index in [2.05, 4.69) is 20.5 Å². The molecule has 1 heterocycles. The second-order valence-corrected chi connectivity index (χ2v) is 4.50. The molecule has 0 aliphatic rings. The van der Waals surface area contributed by atoms with E-state index in [1.807, 2.05) is 0 Å². The van der Waals surface area contributed by atoms with Crippen LogP contribution in [0.3, 0.4) is 0 Å². The number of aryl methyl sites for hydroxylation is 1. The van der Waals surface area contributed by atoms with Crippen molar-refractivity contribution < 1.29 is 23.1 Å². The molecule has 7 nitrogen and oxygen atoms in total. The quantitative estimate of drug-likeness (QED) is 0.875. The fourth-order valence-electron chi connectivity index (χ4n) is 1.85. The lowest BCUT2D eigenvalue weighted by Gasteiger charge is -2.07. The molecule has 0 aliphatic carbocycles. The highest BCUT2D eigenvalue weighted by atomic mass is 19.3. The number of ether oxygens (including phenoxy) is 1. The van der Waals surface area contributed by atoms with Gasteiger partial charge in [-0.05, 0) is 24.3 Å². The van der Waals surface area contributed by atoms with Crippen LogP contribution in [0.2, 0.25) is 0 Å². The number of carbonyl (C=O) groups excluding carboxylic acids is 2. The maximum atomic E-state index is 12.2. The van der Waals surface area contributed by atoms with Gasteiger partial charge in [0.15, 0.2) is 5.69 Å². The summed E-state index contributed by atoms with van der Waals surface area (Å²) in [4.78, 5) is 23.8. The Morgan fingerprint density at radius 1 is 1.22 bits per heavy atom. The molecule has 0 saturated heterocycles. The summed E-state index contributed by atoms with van der Waals surface area (Å²) in [5.74, 6) is -1.00. The standard InChI is InChI=1S/C14H14F2N4O3/c1-17-13(22)11-10(7-20(2)19-11)18-12(21)8-3-5-9(6-4-8)23-14(15)16/h3-7,14H,1-2H3,(H,17,22)(H,18,21). The van der Waals surface area contributed by atoms with Crippen molar-refractivity contribution in [3.8, 4) is 5.75 Å². The number of rotatable bonds is 5. The van der Waals surface area contributed by atoms with Crippen LogP contribution in [0.4, 0.5) is 14.5 Å². The molecule has 0 atom stereocenters. The van der Waals surface area contributed by atoms with Gasteiger partial charge in [-0.15, -0.1) is 0 Å². The van der Waals surface area contributed by atoms with Crippen LogP contribution in [0.5, 0.6) is 5.75 Å². The van der Waals surface area contributed by atoms with Gasteiger partial charge in [-0.25, -0.2) is 0 Å². The molecule has 1 aromatic carbocycles. The maximum absolute atomic E-state index is 12.2. The highest BCUT2D eigenvalue weighted by molar-refractivity contribution is 6.08. The SMILES string of the molecule is CNC(=O)c1nn(C)cc1NC(=O)c1ccc(OC(F)F)cc1. The summed E-state index contributed by atoms with van der Waals surface area (Å²) in [6.45, 7) is -2.93. The highest BCUT2D eigenvalue weighted by Crippen LogP contribution is 2.18. The highest BCUT2D eigenvalue weighted by Gasteiger charge is 2.17. The van der Waals surface area contributed by atoms with Gasteiger partial charge in [0, 0.05) is 25.9 Å². The molecular weight excluding hydrogens is 310 g/mol. The number of hydrogen-bond donors (Lipinski definition) is 2. The first kappa shape index (κ1) is 16.4. The average molecular weight is 324 g/mol. The maximum Gasteiger partial charge on any atom is 0.387 e. The predicted molar refractivity (Wildman–Crippen MR) is 77.6 cm³/mol. The van der Waals surface area contributed by atoms with Gasteiger partial charge >= 0.3 is 6.61 Å². The second kappa shape index (κ2) is 6.86. The minimum Gasteiger partial charge on any atom is -0.435 e. The zero-order chi connectivity index (χ0) is 17.0. The lowest BCUT2D eigenvalue weighted by molar-refractivity contribution is -0.0498. The number of carbonyl (C=O) groups is 2. The largest absolute Gasteiger partial charge is 0.435 e. The number of nitrogens with one attached hydrogen (secondary N) is 2. The summed E-state index contributed by atoms with van der Waals surface area (Å²) in [5.41, 5.74) is 0.532. The molecule has 0 spiro atoms. The molecule has 2 N–H and O–H groups in total. The molecule has 2 rings (SSSR count). The molecule has 0 unspecified atom stereocenters. The van der Waals surface area contributed by atoms with Crippen molar-refractivity contribution in [2.75, 3.05) is 12.4 Å². The van der Waals surface area contributed by atoms with Crippen LogP contribution in [-0.2, 0) is 7.05 Å². The van der Waals surface area contributed by atoms with Crippen LogP contribution in [0.25, 0.3) is 0 Å². The Bertz CT molecular complexity index is 713. The fraction of sp³-hybridized carbons (Fsp3) is 0.214. The van der Waals surface area contributed by atoms with E-state index in [1.54, 1.807) is 7.05 Å². The van der Waals surface area contributed by atoms with Crippen molar-refractivity contribution in [1.29, 1.82) is 0 Å². The van der Waals surface area contributed by atoms with Crippen molar-refractivity contribution >= 4 is 17.5 Å². The van der Waals surface area contributed by atoms with Crippen LogP contribution >= 0.6 is 0 Å². The number of nitrogens with zero attached hydrogens (tertiary/aromatic N) is 2. The van der Waals surface area contributed by atoms with Gasteiger partial charge in [0.2, 0.25) is 0 Å². The normalized spacial score (nSPS) is 10.5. The van der Waals surface area contributed by atoms with E-state index in [0.717, 1.165) is 0 Å². The summed E-state index contributed by atoms with van der Waals surface area (Å²) >= 11 is 0. The molecule has 2 amide bonds. The summed E-state index contributed by atoms with van der Waals surface area (Å²) in [6.07, 6.45) is 1.48. The lowest BCUT2D eigenvalue weighted by atomic mass is 10.2. The Morgan fingerprint density at radius 2 is 1.87 bits per heavy atom. The molecule has 0 fully saturated rings. The zero-order valence-electron chi connectivity index (χ0n) is 12.3. The summed E-state index contributed by atoms with van der Waals surface area (Å²) in [7, 11) is 3.06. The van der Waals surface area contributed by atoms with E-state index in [0.29, 0.717) is 0 Å². The van der Waals surface area contributed by atoms with E-state index in [-0.39, 0.29) is 22.7 Å². The molecule has 23 heavy (non-hydrogen) atoms. The van der Waals surface area contributed by atoms with E-state index in [9.17, 15) is 18.4 Å². The number of anilines is 1. The Labute approximate surface area is 130 Å². The van der Waals surface area contributed by atoms with Gasteiger partial charge in [0.05, 0.1) is 5.69 Å². The average Bonchev–Trinajstić information content (AvgIpc) is 2.87. The van der Waals surface area contributed by atoms with E-state index >= 15 is 0 Å². The number of alkyl halides is 2. The molecular formula is C14H14F2N4O3. The third kappa shape index (κ3) is 4.02. The van der Waals surface area contributed by atoms with Crippen molar-refractivity contribution in [1.82, 2.24) is 15.1 Å². The van der Waals surface area contributed by atoms with Crippen LogP contribution in [0, 0.1) is 0 Å². The molecule has 1 aromatic heterocycles. The van der Waals surface area contributed by atoms with E-state index in [4.69, 9.17) is 0 Å². The Kier molecular flexibility index (Phi) is 4.89. The fourth-order valence-corrected chi connectivity index (χ4v) is 1.85. The van der Waals surface area contributed by atoms with Gasteiger partial charge in [-0.2, -0.15) is 13.9 Å². The molecule has 0 saturated carbocycles. The van der Waals surface area contributed by atoms with Crippen LogP contribution in [0.1, 0.15) is 20.8 Å². The first-order chi connectivity index (χ1) is 10.9. The topological polar surface area (TPSA) is 85.3 Å². The molecule has 0 aliphatic heterocycles. The first-order valence-corrected chi connectivity index (χ1v) is 6.52. The molecule has 9 heteroatoms. The van der Waals surface area contributed by atoms with Gasteiger partial charge < -0.3 is 15.4 Å². The second-order valence-electron chi connectivity index (χ2n) is 4.50. The Balaban J connectivity index is 2.14. The number of halogens is 2. The smallest absolute Gasteiger partial charge is 0.387 e. The summed E-state index contributed by atoms with van der Waals surface area (Å²) in [5, 5.41) is 8.93. The number of benzene rings is 1. The number of hydrogen-bond acceptors (Lipinski definition) is 4. The Hall–Kier alpha value is -2.97.